The van der Waals surface area contributed by atoms with Gasteiger partial charge in [-0.3, -0.25) is 4.79 Å². The van der Waals surface area contributed by atoms with Crippen LogP contribution in [0.1, 0.15) is 30.4 Å². The maximum atomic E-state index is 13.9. The van der Waals surface area contributed by atoms with E-state index in [1.807, 2.05) is 0 Å². The van der Waals surface area contributed by atoms with E-state index >= 15 is 0 Å². The highest BCUT2D eigenvalue weighted by molar-refractivity contribution is 7.90. The number of hydrogen-bond donors (Lipinski definition) is 1. The molecule has 0 radical (unpaired) electrons. The van der Waals surface area contributed by atoms with E-state index in [-0.39, 0.29) is 42.7 Å². The lowest BCUT2D eigenvalue weighted by molar-refractivity contribution is -0.202. The molecule has 5 nitrogen and oxygen atoms in total. The number of carbonyl (C=O) groups excluding carboxylic acids is 1. The van der Waals surface area contributed by atoms with Crippen molar-refractivity contribution in [2.45, 2.75) is 42.3 Å². The van der Waals surface area contributed by atoms with Gasteiger partial charge in [-0.2, -0.15) is 13.2 Å². The minimum absolute atomic E-state index is 0.105. The first-order chi connectivity index (χ1) is 14.0. The Hall–Kier alpha value is -2.55. The highest BCUT2D eigenvalue weighted by Gasteiger charge is 2.59. The zero-order valence-corrected chi connectivity index (χ0v) is 17.1. The number of nitrogens with one attached hydrogen (secondary N) is 1. The van der Waals surface area contributed by atoms with Crippen LogP contribution in [0.15, 0.2) is 53.4 Å². The summed E-state index contributed by atoms with van der Waals surface area (Å²) in [5.74, 6) is -0.278. The van der Waals surface area contributed by atoms with Crippen LogP contribution in [-0.4, -0.2) is 33.4 Å². The molecule has 0 fully saturated rings. The lowest BCUT2D eigenvalue weighted by Crippen LogP contribution is -2.54. The average Bonchev–Trinajstić information content (AvgIpc) is 3.05. The van der Waals surface area contributed by atoms with Crippen LogP contribution in [0.5, 0.6) is 5.75 Å². The smallest absolute Gasteiger partial charge is 0.415 e. The molecule has 0 aromatic heterocycles. The number of hydrogen-bond acceptors (Lipinski definition) is 4. The summed E-state index contributed by atoms with van der Waals surface area (Å²) >= 11 is 0. The van der Waals surface area contributed by atoms with Crippen molar-refractivity contribution in [1.82, 2.24) is 5.32 Å². The second-order valence-electron chi connectivity index (χ2n) is 7.30. The van der Waals surface area contributed by atoms with Crippen LogP contribution in [0.4, 0.5) is 13.2 Å². The number of halogens is 3. The fourth-order valence-corrected chi connectivity index (χ4v) is 4.24. The predicted molar refractivity (Wildman–Crippen MR) is 105 cm³/mol. The molecule has 0 bridgehead atoms. The van der Waals surface area contributed by atoms with Gasteiger partial charge in [-0.05, 0) is 54.7 Å². The Balaban J connectivity index is 1.56. The second kappa shape index (κ2) is 8.29. The molecule has 1 N–H and O–H groups in total. The maximum Gasteiger partial charge on any atom is 0.415 e. The van der Waals surface area contributed by atoms with E-state index in [1.54, 1.807) is 18.2 Å². The first-order valence-electron chi connectivity index (χ1n) is 9.42. The summed E-state index contributed by atoms with van der Waals surface area (Å²) in [5, 5.41) is 2.23. The van der Waals surface area contributed by atoms with Crippen molar-refractivity contribution in [3.8, 4) is 5.75 Å². The van der Waals surface area contributed by atoms with Gasteiger partial charge in [0.1, 0.15) is 5.75 Å². The van der Waals surface area contributed by atoms with Crippen LogP contribution >= 0.6 is 0 Å². The van der Waals surface area contributed by atoms with Crippen LogP contribution in [0.3, 0.4) is 0 Å². The molecule has 1 amide bonds. The lowest BCUT2D eigenvalue weighted by atomic mass is 9.90. The molecule has 1 aliphatic carbocycles. The molecule has 30 heavy (non-hydrogen) atoms. The molecule has 0 saturated heterocycles. The first-order valence-corrected chi connectivity index (χ1v) is 11.3. The van der Waals surface area contributed by atoms with Crippen molar-refractivity contribution >= 4 is 15.7 Å². The quantitative estimate of drug-likeness (QED) is 0.664. The van der Waals surface area contributed by atoms with E-state index in [9.17, 15) is 26.4 Å². The third-order valence-electron chi connectivity index (χ3n) is 5.15. The van der Waals surface area contributed by atoms with E-state index in [0.717, 1.165) is 6.26 Å². The zero-order valence-electron chi connectivity index (χ0n) is 16.3. The Bertz CT molecular complexity index is 1020. The number of ether oxygens (including phenoxy) is 1. The van der Waals surface area contributed by atoms with Crippen molar-refractivity contribution in [1.29, 1.82) is 0 Å². The van der Waals surface area contributed by atoms with Gasteiger partial charge in [0.05, 0.1) is 11.5 Å². The van der Waals surface area contributed by atoms with Gasteiger partial charge in [0.25, 0.3) is 0 Å². The minimum atomic E-state index is -4.60. The molecule has 1 atom stereocenters. The van der Waals surface area contributed by atoms with Crippen LogP contribution < -0.4 is 10.1 Å². The number of sulfone groups is 1. The molecule has 2 aromatic rings. The number of rotatable bonds is 7. The van der Waals surface area contributed by atoms with Gasteiger partial charge in [0, 0.05) is 12.7 Å². The van der Waals surface area contributed by atoms with Crippen LogP contribution in [0.25, 0.3) is 0 Å². The van der Waals surface area contributed by atoms with Crippen LogP contribution in [-0.2, 0) is 26.6 Å². The van der Waals surface area contributed by atoms with Crippen LogP contribution in [0.2, 0.25) is 0 Å². The van der Waals surface area contributed by atoms with Crippen molar-refractivity contribution in [3.63, 3.8) is 0 Å². The SMILES string of the molecule is CS(=O)(=O)c1ccc(OCCCC(=O)N[C@@]2(C(F)(F)F)CCc3ccccc32)cc1. The molecule has 1 aliphatic rings. The van der Waals surface area contributed by atoms with E-state index in [2.05, 4.69) is 5.32 Å². The van der Waals surface area contributed by atoms with Crippen molar-refractivity contribution in [2.75, 3.05) is 12.9 Å². The van der Waals surface area contributed by atoms with Gasteiger partial charge < -0.3 is 10.1 Å². The van der Waals surface area contributed by atoms with Gasteiger partial charge >= 0.3 is 6.18 Å². The Morgan fingerprint density at radius 3 is 2.43 bits per heavy atom. The Morgan fingerprint density at radius 1 is 1.13 bits per heavy atom. The third kappa shape index (κ3) is 4.61. The molecular weight excluding hydrogens is 419 g/mol. The maximum absolute atomic E-state index is 13.9. The zero-order chi connectivity index (χ0) is 22.0. The number of carbonyl (C=O) groups is 1. The van der Waals surface area contributed by atoms with Crippen molar-refractivity contribution < 1.29 is 31.1 Å². The summed E-state index contributed by atoms with van der Waals surface area (Å²) in [6.07, 6.45) is -3.38. The fourth-order valence-electron chi connectivity index (χ4n) is 3.61. The number of alkyl halides is 3. The molecule has 0 heterocycles. The minimum Gasteiger partial charge on any atom is -0.494 e. The number of fused-ring (bicyclic) bond motifs is 1. The monoisotopic (exact) mass is 441 g/mol. The van der Waals surface area contributed by atoms with Gasteiger partial charge in [0.2, 0.25) is 5.91 Å². The average molecular weight is 441 g/mol. The van der Waals surface area contributed by atoms with Gasteiger partial charge in [-0.1, -0.05) is 24.3 Å². The predicted octanol–water partition coefficient (Wildman–Crippen LogP) is 3.77. The number of aryl methyl sites for hydroxylation is 1. The molecular formula is C21H22F3NO4S. The van der Waals surface area contributed by atoms with Crippen LogP contribution in [0, 0.1) is 0 Å². The molecule has 3 rings (SSSR count). The molecule has 0 unspecified atom stereocenters. The molecule has 162 valence electrons. The van der Waals surface area contributed by atoms with E-state index in [0.29, 0.717) is 11.3 Å². The van der Waals surface area contributed by atoms with Gasteiger partial charge in [0.15, 0.2) is 15.4 Å². The topological polar surface area (TPSA) is 72.5 Å². The summed E-state index contributed by atoms with van der Waals surface area (Å²) in [6.45, 7) is 0.112. The standard InChI is InChI=1S/C21H22F3NO4S/c1-30(27,28)17-10-8-16(9-11-17)29-14-4-7-19(26)25-20(21(22,23)24)13-12-15-5-2-3-6-18(15)20/h2-3,5-6,8-11H,4,7,12-14H2,1H3,(H,25,26)/t20-/m0/s1. The second-order valence-corrected chi connectivity index (χ2v) is 9.32. The molecule has 2 aromatic carbocycles. The molecule has 0 spiro atoms. The summed E-state index contributed by atoms with van der Waals surface area (Å²) in [5.41, 5.74) is -1.66. The molecule has 9 heteroatoms. The molecule has 0 aliphatic heterocycles. The van der Waals surface area contributed by atoms with Gasteiger partial charge in [-0.15, -0.1) is 0 Å². The largest absolute Gasteiger partial charge is 0.494 e. The Morgan fingerprint density at radius 2 is 1.80 bits per heavy atom. The Kier molecular flexibility index (Phi) is 6.12. The third-order valence-corrected chi connectivity index (χ3v) is 6.28. The first kappa shape index (κ1) is 22.1. The van der Waals surface area contributed by atoms with Crippen molar-refractivity contribution in [3.05, 3.63) is 59.7 Å². The van der Waals surface area contributed by atoms with E-state index in [4.69, 9.17) is 4.74 Å². The van der Waals surface area contributed by atoms with E-state index < -0.39 is 27.5 Å². The van der Waals surface area contributed by atoms with E-state index in [1.165, 1.54) is 30.3 Å². The van der Waals surface area contributed by atoms with Gasteiger partial charge in [-0.25, -0.2) is 8.42 Å². The highest BCUT2D eigenvalue weighted by Crippen LogP contribution is 2.48. The normalized spacial score (nSPS) is 18.7. The Labute approximate surface area is 173 Å². The number of benzene rings is 2. The number of amides is 1. The summed E-state index contributed by atoms with van der Waals surface area (Å²) in [6, 6.07) is 12.1. The fraction of sp³-hybridized carbons (Fsp3) is 0.381. The molecule has 0 saturated carbocycles. The summed E-state index contributed by atoms with van der Waals surface area (Å²) in [7, 11) is -3.31. The lowest BCUT2D eigenvalue weighted by Gasteiger charge is -2.34. The van der Waals surface area contributed by atoms with Crippen molar-refractivity contribution in [2.24, 2.45) is 0 Å². The summed E-state index contributed by atoms with van der Waals surface area (Å²) in [4.78, 5) is 12.4. The summed E-state index contributed by atoms with van der Waals surface area (Å²) < 4.78 is 70.0. The highest BCUT2D eigenvalue weighted by atomic mass is 32.2.